The number of carbonyl (C=O) groups is 1. The zero-order chi connectivity index (χ0) is 10.3. The molecule has 0 spiro atoms. The Morgan fingerprint density at radius 3 is 2.46 bits per heavy atom. The zero-order valence-corrected chi connectivity index (χ0v) is 9.05. The zero-order valence-electron chi connectivity index (χ0n) is 9.05. The summed E-state index contributed by atoms with van der Waals surface area (Å²) in [6.07, 6.45) is 2.71. The van der Waals surface area contributed by atoms with Gasteiger partial charge in [-0.3, -0.25) is 4.79 Å². The molecule has 0 aromatic heterocycles. The predicted molar refractivity (Wildman–Crippen MR) is 55.6 cm³/mol. The molecular weight excluding hydrogens is 164 g/mol. The fourth-order valence-electron chi connectivity index (χ4n) is 1.04. The Morgan fingerprint density at radius 1 is 1.38 bits per heavy atom. The summed E-state index contributed by atoms with van der Waals surface area (Å²) in [5.41, 5.74) is 0.950. The first-order valence-corrected chi connectivity index (χ1v) is 4.60. The third-order valence-corrected chi connectivity index (χ3v) is 1.61. The number of carbonyl (C=O) groups excluding carboxylic acids is 1. The molecule has 0 fully saturated rings. The van der Waals surface area contributed by atoms with Gasteiger partial charge in [-0.1, -0.05) is 0 Å². The van der Waals surface area contributed by atoms with E-state index in [0.29, 0.717) is 0 Å². The van der Waals surface area contributed by atoms with Crippen LogP contribution in [0, 0.1) is 0 Å². The highest BCUT2D eigenvalue weighted by Crippen LogP contribution is 1.88. The molecule has 0 bridgehead atoms. The lowest BCUT2D eigenvalue weighted by Crippen LogP contribution is -2.20. The van der Waals surface area contributed by atoms with Crippen LogP contribution in [0.5, 0.6) is 0 Å². The molecule has 3 heteroatoms. The van der Waals surface area contributed by atoms with Crippen LogP contribution in [0.15, 0.2) is 11.8 Å². The second kappa shape index (κ2) is 6.66. The molecule has 0 saturated heterocycles. The summed E-state index contributed by atoms with van der Waals surface area (Å²) in [7, 11) is 4.11. The van der Waals surface area contributed by atoms with Gasteiger partial charge in [-0.05, 0) is 47.0 Å². The lowest BCUT2D eigenvalue weighted by Gasteiger charge is -2.10. The molecule has 13 heavy (non-hydrogen) atoms. The normalized spacial score (nSPS) is 11.9. The molecule has 0 amide bonds. The van der Waals surface area contributed by atoms with Crippen molar-refractivity contribution in [2.45, 2.75) is 20.3 Å². The van der Waals surface area contributed by atoms with E-state index in [0.717, 1.165) is 25.2 Å². The van der Waals surface area contributed by atoms with E-state index in [4.69, 9.17) is 0 Å². The van der Waals surface area contributed by atoms with E-state index >= 15 is 0 Å². The molecule has 0 aliphatic rings. The number of nitrogens with zero attached hydrogens (tertiary/aromatic N) is 1. The number of hydrogen-bond donors (Lipinski definition) is 1. The van der Waals surface area contributed by atoms with Crippen LogP contribution in [0.25, 0.3) is 0 Å². The van der Waals surface area contributed by atoms with Crippen molar-refractivity contribution >= 4 is 5.78 Å². The van der Waals surface area contributed by atoms with Crippen LogP contribution in [0.4, 0.5) is 0 Å². The molecule has 0 aromatic rings. The van der Waals surface area contributed by atoms with Gasteiger partial charge in [0, 0.05) is 12.2 Å². The number of nitrogens with one attached hydrogen (secondary N) is 1. The molecule has 0 rings (SSSR count). The van der Waals surface area contributed by atoms with E-state index in [2.05, 4.69) is 24.3 Å². The minimum atomic E-state index is 0.0950. The minimum Gasteiger partial charge on any atom is -0.388 e. The number of allylic oxidation sites excluding steroid dienone is 2. The molecule has 0 unspecified atom stereocenters. The number of rotatable bonds is 6. The molecule has 0 atom stereocenters. The van der Waals surface area contributed by atoms with E-state index in [-0.39, 0.29) is 5.78 Å². The van der Waals surface area contributed by atoms with Gasteiger partial charge in [0.05, 0.1) is 0 Å². The molecule has 0 aliphatic carbocycles. The van der Waals surface area contributed by atoms with Crippen LogP contribution in [-0.4, -0.2) is 37.9 Å². The first-order valence-electron chi connectivity index (χ1n) is 4.60. The maximum absolute atomic E-state index is 10.7. The van der Waals surface area contributed by atoms with Crippen molar-refractivity contribution < 1.29 is 4.79 Å². The van der Waals surface area contributed by atoms with Gasteiger partial charge < -0.3 is 10.2 Å². The van der Waals surface area contributed by atoms with Crippen molar-refractivity contribution in [3.05, 3.63) is 11.8 Å². The summed E-state index contributed by atoms with van der Waals surface area (Å²) in [6, 6.07) is 0. The average molecular weight is 184 g/mol. The Labute approximate surface area is 80.8 Å². The standard InChI is InChI=1S/C10H20N2O/c1-9(8-10(2)13)11-6-5-7-12(3)4/h8,11H,5-7H2,1-4H3. The molecule has 76 valence electrons. The molecule has 1 N–H and O–H groups in total. The molecular formula is C10H20N2O. The summed E-state index contributed by atoms with van der Waals surface area (Å²) in [5.74, 6) is 0.0950. The largest absolute Gasteiger partial charge is 0.388 e. The van der Waals surface area contributed by atoms with Crippen molar-refractivity contribution in [3.63, 3.8) is 0 Å². The summed E-state index contributed by atoms with van der Waals surface area (Å²) in [5, 5.41) is 3.18. The van der Waals surface area contributed by atoms with Crippen molar-refractivity contribution in [2.24, 2.45) is 0 Å². The van der Waals surface area contributed by atoms with Crippen LogP contribution < -0.4 is 5.32 Å². The topological polar surface area (TPSA) is 32.3 Å². The summed E-state index contributed by atoms with van der Waals surface area (Å²) in [6.45, 7) is 5.47. The SMILES string of the molecule is CC(=O)C=C(C)NCCCN(C)C. The second-order valence-corrected chi connectivity index (χ2v) is 3.52. The summed E-state index contributed by atoms with van der Waals surface area (Å²) >= 11 is 0. The monoisotopic (exact) mass is 184 g/mol. The lowest BCUT2D eigenvalue weighted by molar-refractivity contribution is -0.112. The Hall–Kier alpha value is -0.830. The highest BCUT2D eigenvalue weighted by atomic mass is 16.1. The first-order chi connectivity index (χ1) is 6.02. The van der Waals surface area contributed by atoms with E-state index in [1.165, 1.54) is 0 Å². The van der Waals surface area contributed by atoms with Gasteiger partial charge in [0.2, 0.25) is 0 Å². The van der Waals surface area contributed by atoms with Crippen molar-refractivity contribution in [1.82, 2.24) is 10.2 Å². The highest BCUT2D eigenvalue weighted by Gasteiger charge is 1.92. The van der Waals surface area contributed by atoms with Crippen LogP contribution in [-0.2, 0) is 4.79 Å². The predicted octanol–water partition coefficient (Wildman–Crippen LogP) is 1.02. The van der Waals surface area contributed by atoms with Crippen LogP contribution >= 0.6 is 0 Å². The maximum Gasteiger partial charge on any atom is 0.154 e. The van der Waals surface area contributed by atoms with Gasteiger partial charge in [0.15, 0.2) is 5.78 Å². The molecule has 0 radical (unpaired) electrons. The number of ketones is 1. The Bertz CT molecular complexity index is 185. The lowest BCUT2D eigenvalue weighted by atomic mass is 10.3. The van der Waals surface area contributed by atoms with Gasteiger partial charge in [-0.25, -0.2) is 0 Å². The number of hydrogen-bond acceptors (Lipinski definition) is 3. The van der Waals surface area contributed by atoms with Crippen molar-refractivity contribution in [2.75, 3.05) is 27.2 Å². The first kappa shape index (κ1) is 12.2. The second-order valence-electron chi connectivity index (χ2n) is 3.52. The molecule has 0 aromatic carbocycles. The van der Waals surface area contributed by atoms with Crippen LogP contribution in [0.1, 0.15) is 20.3 Å². The third-order valence-electron chi connectivity index (χ3n) is 1.61. The van der Waals surface area contributed by atoms with E-state index in [1.807, 2.05) is 6.92 Å². The van der Waals surface area contributed by atoms with E-state index in [1.54, 1.807) is 13.0 Å². The Kier molecular flexibility index (Phi) is 6.24. The Morgan fingerprint density at radius 2 is 2.00 bits per heavy atom. The highest BCUT2D eigenvalue weighted by molar-refractivity contribution is 5.87. The van der Waals surface area contributed by atoms with Gasteiger partial charge in [-0.2, -0.15) is 0 Å². The molecule has 0 heterocycles. The molecule has 0 saturated carbocycles. The van der Waals surface area contributed by atoms with E-state index < -0.39 is 0 Å². The van der Waals surface area contributed by atoms with Gasteiger partial charge in [-0.15, -0.1) is 0 Å². The third kappa shape index (κ3) is 9.08. The van der Waals surface area contributed by atoms with Gasteiger partial charge in [0.25, 0.3) is 0 Å². The molecule has 3 nitrogen and oxygen atoms in total. The fraction of sp³-hybridized carbons (Fsp3) is 0.700. The Balaban J connectivity index is 3.48. The molecule has 0 aliphatic heterocycles. The van der Waals surface area contributed by atoms with E-state index in [9.17, 15) is 4.79 Å². The smallest absolute Gasteiger partial charge is 0.154 e. The van der Waals surface area contributed by atoms with Gasteiger partial charge in [0.1, 0.15) is 0 Å². The van der Waals surface area contributed by atoms with Crippen molar-refractivity contribution in [1.29, 1.82) is 0 Å². The minimum absolute atomic E-state index is 0.0950. The van der Waals surface area contributed by atoms with Crippen molar-refractivity contribution in [3.8, 4) is 0 Å². The van der Waals surface area contributed by atoms with Gasteiger partial charge >= 0.3 is 0 Å². The summed E-state index contributed by atoms with van der Waals surface area (Å²) in [4.78, 5) is 12.8. The summed E-state index contributed by atoms with van der Waals surface area (Å²) < 4.78 is 0. The quantitative estimate of drug-likeness (QED) is 0.494. The fourth-order valence-corrected chi connectivity index (χ4v) is 1.04. The maximum atomic E-state index is 10.7. The average Bonchev–Trinajstić information content (AvgIpc) is 1.96. The van der Waals surface area contributed by atoms with Crippen LogP contribution in [0.3, 0.4) is 0 Å². The van der Waals surface area contributed by atoms with Crippen LogP contribution in [0.2, 0.25) is 0 Å².